The zero-order chi connectivity index (χ0) is 9.30. The summed E-state index contributed by atoms with van der Waals surface area (Å²) < 4.78 is 4.70. The fraction of sp³-hybridized carbons (Fsp3) is 1.00. The number of nitrogens with two attached hydrogens (primary N) is 1. The Hall–Kier alpha value is -0.240. The largest absolute Gasteiger partial charge is 0.388 e. The van der Waals surface area contributed by atoms with Crippen LogP contribution in [-0.2, 0) is 4.74 Å². The minimum Gasteiger partial charge on any atom is -0.388 e. The predicted molar refractivity (Wildman–Crippen MR) is 38.0 cm³/mol. The van der Waals surface area contributed by atoms with Gasteiger partial charge in [-0.15, -0.1) is 0 Å². The molecule has 1 saturated heterocycles. The molecule has 0 aromatic carbocycles. The minimum atomic E-state index is -1.49. The van der Waals surface area contributed by atoms with Gasteiger partial charge in [-0.3, -0.25) is 0 Å². The molecule has 6 heteroatoms. The van der Waals surface area contributed by atoms with Crippen molar-refractivity contribution in [1.29, 1.82) is 0 Å². The van der Waals surface area contributed by atoms with E-state index >= 15 is 0 Å². The van der Waals surface area contributed by atoms with Gasteiger partial charge in [0.05, 0.1) is 0 Å². The summed E-state index contributed by atoms with van der Waals surface area (Å²) in [6.07, 6.45) is -6.48. The molecule has 0 aliphatic carbocycles. The van der Waals surface area contributed by atoms with Crippen LogP contribution in [0.15, 0.2) is 0 Å². The highest BCUT2D eigenvalue weighted by Gasteiger charge is 2.42. The van der Waals surface area contributed by atoms with Crippen molar-refractivity contribution in [3.63, 3.8) is 0 Å². The Kier molecular flexibility index (Phi) is 2.99. The molecule has 0 radical (unpaired) electrons. The zero-order valence-corrected chi connectivity index (χ0v) is 6.37. The van der Waals surface area contributed by atoms with Gasteiger partial charge in [0.1, 0.15) is 24.4 Å². The second-order valence-corrected chi connectivity index (χ2v) is 2.77. The third-order valence-electron chi connectivity index (χ3n) is 1.92. The summed E-state index contributed by atoms with van der Waals surface area (Å²) >= 11 is 0. The molecule has 1 heterocycles. The summed E-state index contributed by atoms with van der Waals surface area (Å²) in [5.41, 5.74) is 5.17. The molecule has 12 heavy (non-hydrogen) atoms. The Morgan fingerprint density at radius 2 is 1.58 bits per heavy atom. The van der Waals surface area contributed by atoms with Gasteiger partial charge in [0.15, 0.2) is 6.29 Å². The van der Waals surface area contributed by atoms with E-state index < -0.39 is 30.7 Å². The number of rotatable bonds is 1. The second-order valence-electron chi connectivity index (χ2n) is 2.77. The van der Waals surface area contributed by atoms with Gasteiger partial charge in [-0.2, -0.15) is 0 Å². The van der Waals surface area contributed by atoms with Gasteiger partial charge < -0.3 is 30.9 Å². The maximum absolute atomic E-state index is 9.20. The van der Waals surface area contributed by atoms with Crippen LogP contribution < -0.4 is 5.73 Å². The molecular weight excluding hydrogens is 166 g/mol. The molecule has 0 bridgehead atoms. The quantitative estimate of drug-likeness (QED) is 0.288. The number of hydrogen-bond donors (Lipinski definition) is 5. The van der Waals surface area contributed by atoms with Crippen molar-refractivity contribution in [3.8, 4) is 0 Å². The topological polar surface area (TPSA) is 116 Å². The Morgan fingerprint density at radius 3 is 2.08 bits per heavy atom. The number of ether oxygens (including phenoxy) is 1. The van der Waals surface area contributed by atoms with E-state index in [9.17, 15) is 5.11 Å². The van der Waals surface area contributed by atoms with E-state index in [4.69, 9.17) is 25.8 Å². The van der Waals surface area contributed by atoms with Crippen molar-refractivity contribution < 1.29 is 25.2 Å². The lowest BCUT2D eigenvalue weighted by Crippen LogP contribution is -2.59. The highest BCUT2D eigenvalue weighted by molar-refractivity contribution is 4.88. The average molecular weight is 179 g/mol. The Morgan fingerprint density at radius 1 is 1.00 bits per heavy atom. The van der Waals surface area contributed by atoms with E-state index in [1.807, 2.05) is 0 Å². The summed E-state index contributed by atoms with van der Waals surface area (Å²) in [6.45, 7) is -0.0258. The van der Waals surface area contributed by atoms with Gasteiger partial charge in [-0.05, 0) is 0 Å². The van der Waals surface area contributed by atoms with Crippen molar-refractivity contribution in [3.05, 3.63) is 0 Å². The fourth-order valence-electron chi connectivity index (χ4n) is 1.13. The Labute approximate surface area is 69.2 Å². The highest BCUT2D eigenvalue weighted by Crippen LogP contribution is 2.18. The molecule has 1 aliphatic rings. The van der Waals surface area contributed by atoms with Gasteiger partial charge in [0.25, 0.3) is 0 Å². The molecule has 5 atom stereocenters. The van der Waals surface area contributed by atoms with Crippen LogP contribution in [0.3, 0.4) is 0 Å². The first kappa shape index (κ1) is 9.85. The van der Waals surface area contributed by atoms with E-state index in [-0.39, 0.29) is 6.54 Å². The fourth-order valence-corrected chi connectivity index (χ4v) is 1.13. The minimum absolute atomic E-state index is 0.0258. The van der Waals surface area contributed by atoms with Crippen molar-refractivity contribution in [2.75, 3.05) is 6.54 Å². The number of aliphatic hydroxyl groups is 4. The molecule has 1 aliphatic heterocycles. The van der Waals surface area contributed by atoms with E-state index in [0.717, 1.165) is 0 Å². The molecule has 0 amide bonds. The standard InChI is InChI=1S/C6H13NO5/c7-1-2-3(8)4(9)5(10)6(11)12-2/h2-6,8-11H,1,7H2/t2?,3-,4?,5+,6-/m1/s1. The molecule has 6 nitrogen and oxygen atoms in total. The summed E-state index contributed by atoms with van der Waals surface area (Å²) in [7, 11) is 0. The van der Waals surface area contributed by atoms with E-state index in [1.54, 1.807) is 0 Å². The molecule has 0 aromatic heterocycles. The van der Waals surface area contributed by atoms with Gasteiger partial charge in [0, 0.05) is 6.54 Å². The molecule has 0 aromatic rings. The van der Waals surface area contributed by atoms with Gasteiger partial charge in [-0.1, -0.05) is 0 Å². The van der Waals surface area contributed by atoms with Gasteiger partial charge in [0.2, 0.25) is 0 Å². The molecule has 0 spiro atoms. The first-order valence-corrected chi connectivity index (χ1v) is 3.65. The normalized spacial score (nSPS) is 49.2. The molecule has 6 N–H and O–H groups in total. The zero-order valence-electron chi connectivity index (χ0n) is 6.37. The van der Waals surface area contributed by atoms with E-state index in [0.29, 0.717) is 0 Å². The van der Waals surface area contributed by atoms with E-state index in [2.05, 4.69) is 0 Å². The smallest absolute Gasteiger partial charge is 0.184 e. The van der Waals surface area contributed by atoms with Crippen LogP contribution in [0.4, 0.5) is 0 Å². The molecule has 1 rings (SSSR count). The summed E-state index contributed by atoms with van der Waals surface area (Å²) in [5.74, 6) is 0. The molecule has 1 fully saturated rings. The van der Waals surface area contributed by atoms with E-state index in [1.165, 1.54) is 0 Å². The molecule has 2 unspecified atom stereocenters. The predicted octanol–water partition coefficient (Wildman–Crippen LogP) is -3.25. The maximum Gasteiger partial charge on any atom is 0.184 e. The number of aliphatic hydroxyl groups excluding tert-OH is 4. The monoisotopic (exact) mass is 179 g/mol. The van der Waals surface area contributed by atoms with Crippen molar-refractivity contribution >= 4 is 0 Å². The maximum atomic E-state index is 9.20. The lowest BCUT2D eigenvalue weighted by Gasteiger charge is -2.37. The third-order valence-corrected chi connectivity index (χ3v) is 1.92. The van der Waals surface area contributed by atoms with Crippen LogP contribution in [0.25, 0.3) is 0 Å². The lowest BCUT2D eigenvalue weighted by atomic mass is 9.99. The van der Waals surface area contributed by atoms with Crippen LogP contribution in [0, 0.1) is 0 Å². The highest BCUT2D eigenvalue weighted by atomic mass is 16.6. The third kappa shape index (κ3) is 1.58. The van der Waals surface area contributed by atoms with Crippen LogP contribution in [0.5, 0.6) is 0 Å². The molecule has 0 saturated carbocycles. The summed E-state index contributed by atoms with van der Waals surface area (Å²) in [6, 6.07) is 0. The second kappa shape index (κ2) is 3.65. The SMILES string of the molecule is NCC1O[C@@H](O)[C@@H](O)C(O)[C@@H]1O. The van der Waals surface area contributed by atoms with Gasteiger partial charge in [-0.25, -0.2) is 0 Å². The Bertz CT molecular complexity index is 150. The van der Waals surface area contributed by atoms with Crippen LogP contribution in [0.1, 0.15) is 0 Å². The van der Waals surface area contributed by atoms with Crippen LogP contribution >= 0.6 is 0 Å². The molecular formula is C6H13NO5. The summed E-state index contributed by atoms with van der Waals surface area (Å²) in [5, 5.41) is 36.3. The van der Waals surface area contributed by atoms with Gasteiger partial charge >= 0.3 is 0 Å². The lowest BCUT2D eigenvalue weighted by molar-refractivity contribution is -0.279. The van der Waals surface area contributed by atoms with Crippen LogP contribution in [-0.4, -0.2) is 57.7 Å². The van der Waals surface area contributed by atoms with Crippen molar-refractivity contribution in [2.45, 2.75) is 30.7 Å². The number of hydrogen-bond acceptors (Lipinski definition) is 6. The summed E-state index contributed by atoms with van der Waals surface area (Å²) in [4.78, 5) is 0. The first-order chi connectivity index (χ1) is 5.57. The Balaban J connectivity index is 2.63. The van der Waals surface area contributed by atoms with Crippen LogP contribution in [0.2, 0.25) is 0 Å². The van der Waals surface area contributed by atoms with Crippen molar-refractivity contribution in [1.82, 2.24) is 0 Å². The van der Waals surface area contributed by atoms with Crippen molar-refractivity contribution in [2.24, 2.45) is 5.73 Å². The first-order valence-electron chi connectivity index (χ1n) is 3.65. The molecule has 72 valence electrons. The average Bonchev–Trinajstić information content (AvgIpc) is 2.08.